The molecule has 13 saturated carbocycles. The van der Waals surface area contributed by atoms with Gasteiger partial charge < -0.3 is 0 Å². The number of allylic oxidation sites excluding steroid dienone is 2. The standard InChI is InChI=1S/C26H32/c1-3-23-5-15-13-10-26-12-24(4-2)7-17-14-9-25(11-23,19(15)21(17)26)20(16(13)6-23)22(26)18(14)8-24/h3-4,13-22H,1-2,5-12H2. The molecule has 0 aromatic heterocycles. The molecule has 0 nitrogen and oxygen atoms in total. The van der Waals surface area contributed by atoms with Crippen molar-refractivity contribution < 1.29 is 0 Å². The van der Waals surface area contributed by atoms with Crippen molar-refractivity contribution in [2.24, 2.45) is 80.8 Å². The highest BCUT2D eigenvalue weighted by Gasteiger charge is 2.88. The maximum atomic E-state index is 4.40. The van der Waals surface area contributed by atoms with Crippen LogP contribution in [0.3, 0.4) is 0 Å². The fourth-order valence-electron chi connectivity index (χ4n) is 14.2. The summed E-state index contributed by atoms with van der Waals surface area (Å²) in [5.41, 5.74) is 2.71. The van der Waals surface area contributed by atoms with Crippen LogP contribution < -0.4 is 0 Å². The van der Waals surface area contributed by atoms with Gasteiger partial charge in [0, 0.05) is 0 Å². The fraction of sp³-hybridized carbons (Fsp3) is 0.846. The van der Waals surface area contributed by atoms with Crippen LogP contribution in [0.1, 0.15) is 51.4 Å². The lowest BCUT2D eigenvalue weighted by Crippen LogP contribution is -2.87. The van der Waals surface area contributed by atoms with Gasteiger partial charge in [-0.25, -0.2) is 0 Å². The van der Waals surface area contributed by atoms with Crippen LogP contribution in [0.2, 0.25) is 0 Å². The summed E-state index contributed by atoms with van der Waals surface area (Å²) in [5.74, 6) is 11.2. The summed E-state index contributed by atoms with van der Waals surface area (Å²) < 4.78 is 0. The van der Waals surface area contributed by atoms with Gasteiger partial charge in [-0.3, -0.25) is 0 Å². The van der Waals surface area contributed by atoms with Crippen LogP contribution in [-0.2, 0) is 0 Å². The molecule has 0 N–H and O–H groups in total. The van der Waals surface area contributed by atoms with Gasteiger partial charge >= 0.3 is 0 Å². The summed E-state index contributed by atoms with van der Waals surface area (Å²) in [6, 6.07) is 0. The molecule has 26 heavy (non-hydrogen) atoms. The Morgan fingerprint density at radius 3 is 1.15 bits per heavy atom. The zero-order valence-electron chi connectivity index (χ0n) is 16.0. The summed E-state index contributed by atoms with van der Waals surface area (Å²) in [5, 5.41) is 0. The molecule has 0 aromatic rings. The Morgan fingerprint density at radius 1 is 0.500 bits per heavy atom. The van der Waals surface area contributed by atoms with E-state index in [9.17, 15) is 0 Å². The second kappa shape index (κ2) is 3.35. The predicted molar refractivity (Wildman–Crippen MR) is 102 cm³/mol. The minimum absolute atomic E-state index is 0.564. The summed E-state index contributed by atoms with van der Waals surface area (Å²) in [4.78, 5) is 0. The van der Waals surface area contributed by atoms with Gasteiger partial charge in [0.15, 0.2) is 0 Å². The van der Waals surface area contributed by atoms with Crippen molar-refractivity contribution in [2.75, 3.05) is 0 Å². The van der Waals surface area contributed by atoms with Gasteiger partial charge in [0.2, 0.25) is 0 Å². The summed E-state index contributed by atoms with van der Waals surface area (Å²) in [6.07, 6.45) is 17.6. The molecule has 0 aliphatic heterocycles. The first-order valence-corrected chi connectivity index (χ1v) is 11.9. The highest BCUT2D eigenvalue weighted by Crippen LogP contribution is 2.94. The molecule has 13 aliphatic rings. The molecular formula is C26H32. The van der Waals surface area contributed by atoms with Crippen LogP contribution in [0.4, 0.5) is 0 Å². The van der Waals surface area contributed by atoms with Crippen molar-refractivity contribution in [1.82, 2.24) is 0 Å². The minimum Gasteiger partial charge on any atom is -0.103 e. The predicted octanol–water partition coefficient (Wildman–Crippen LogP) is 5.71. The Hall–Kier alpha value is -0.520. The van der Waals surface area contributed by atoms with Crippen molar-refractivity contribution in [2.45, 2.75) is 51.4 Å². The molecule has 8 unspecified atom stereocenters. The maximum Gasteiger partial charge on any atom is -0.0110 e. The normalized spacial score (nSPS) is 79.2. The van der Waals surface area contributed by atoms with Crippen LogP contribution in [0.25, 0.3) is 0 Å². The Bertz CT molecular complexity index is 708. The van der Waals surface area contributed by atoms with Crippen molar-refractivity contribution in [1.29, 1.82) is 0 Å². The molecule has 2 spiro atoms. The smallest absolute Gasteiger partial charge is 0.0110 e. The van der Waals surface area contributed by atoms with Crippen molar-refractivity contribution in [3.8, 4) is 0 Å². The second-order valence-corrected chi connectivity index (χ2v) is 13.3. The Kier molecular flexibility index (Phi) is 1.75. The van der Waals surface area contributed by atoms with Gasteiger partial charge in [0.25, 0.3) is 0 Å². The van der Waals surface area contributed by atoms with Crippen LogP contribution in [0.5, 0.6) is 0 Å². The number of rotatable bonds is 2. The van der Waals surface area contributed by atoms with E-state index >= 15 is 0 Å². The van der Waals surface area contributed by atoms with Gasteiger partial charge in [-0.05, 0) is 132 Å². The van der Waals surface area contributed by atoms with E-state index in [2.05, 4.69) is 25.3 Å². The molecule has 136 valence electrons. The molecule has 14 bridgehead atoms. The van der Waals surface area contributed by atoms with Crippen LogP contribution >= 0.6 is 0 Å². The molecule has 13 fully saturated rings. The van der Waals surface area contributed by atoms with Crippen LogP contribution in [-0.4, -0.2) is 0 Å². The van der Waals surface area contributed by atoms with E-state index in [0.717, 1.165) is 70.0 Å². The van der Waals surface area contributed by atoms with Gasteiger partial charge in [0.05, 0.1) is 0 Å². The lowest BCUT2D eigenvalue weighted by Gasteiger charge is -2.92. The largest absolute Gasteiger partial charge is 0.103 e. The van der Waals surface area contributed by atoms with E-state index < -0.39 is 0 Å². The molecule has 0 heterocycles. The fourth-order valence-corrected chi connectivity index (χ4v) is 14.2. The average Bonchev–Trinajstić information content (AvgIpc) is 2.66. The zero-order chi connectivity index (χ0) is 16.8. The Labute approximate surface area is 157 Å². The topological polar surface area (TPSA) is 0 Å². The van der Waals surface area contributed by atoms with E-state index in [4.69, 9.17) is 0 Å². The van der Waals surface area contributed by atoms with Gasteiger partial charge in [-0.2, -0.15) is 0 Å². The molecule has 13 rings (SSSR count). The van der Waals surface area contributed by atoms with Gasteiger partial charge in [0.1, 0.15) is 0 Å². The van der Waals surface area contributed by atoms with Gasteiger partial charge in [-0.15, -0.1) is 13.2 Å². The molecule has 13 aliphatic carbocycles. The Morgan fingerprint density at radius 2 is 0.846 bits per heavy atom. The quantitative estimate of drug-likeness (QED) is 0.563. The Balaban J connectivity index is 1.36. The first kappa shape index (κ1) is 13.6. The first-order valence-electron chi connectivity index (χ1n) is 11.9. The number of hydrogen-bond acceptors (Lipinski definition) is 0. The summed E-state index contributed by atoms with van der Waals surface area (Å²) in [6.45, 7) is 8.81. The molecule has 0 aromatic carbocycles. The molecule has 0 saturated heterocycles. The SMILES string of the molecule is C=CC12CC3C4CC56CC7(C=C)CC8C9CC(C1)(C3C85)C(C4C2)C6C9C7. The van der Waals surface area contributed by atoms with E-state index in [1.807, 2.05) is 0 Å². The maximum absolute atomic E-state index is 4.40. The third kappa shape index (κ3) is 0.955. The van der Waals surface area contributed by atoms with Gasteiger partial charge in [-0.1, -0.05) is 12.2 Å². The molecular weight excluding hydrogens is 312 g/mol. The second-order valence-electron chi connectivity index (χ2n) is 13.3. The number of hydrogen-bond donors (Lipinski definition) is 0. The molecule has 8 atom stereocenters. The highest BCUT2D eigenvalue weighted by atomic mass is 14.9. The molecule has 0 radical (unpaired) electrons. The molecule has 0 amide bonds. The van der Waals surface area contributed by atoms with Crippen molar-refractivity contribution >= 4 is 0 Å². The highest BCUT2D eigenvalue weighted by molar-refractivity contribution is 5.38. The van der Waals surface area contributed by atoms with E-state index in [1.165, 1.54) is 0 Å². The third-order valence-electron chi connectivity index (χ3n) is 13.5. The zero-order valence-corrected chi connectivity index (χ0v) is 16.0. The van der Waals surface area contributed by atoms with Crippen molar-refractivity contribution in [3.05, 3.63) is 25.3 Å². The van der Waals surface area contributed by atoms with Crippen LogP contribution in [0, 0.1) is 80.8 Å². The molecule has 0 heteroatoms. The lowest BCUT2D eigenvalue weighted by molar-refractivity contribution is -0.442. The van der Waals surface area contributed by atoms with Crippen LogP contribution in [0.15, 0.2) is 25.3 Å². The van der Waals surface area contributed by atoms with E-state index in [0.29, 0.717) is 10.8 Å². The van der Waals surface area contributed by atoms with Crippen molar-refractivity contribution in [3.63, 3.8) is 0 Å². The van der Waals surface area contributed by atoms with E-state index in [-0.39, 0.29) is 0 Å². The average molecular weight is 345 g/mol. The summed E-state index contributed by atoms with van der Waals surface area (Å²) >= 11 is 0. The lowest BCUT2D eigenvalue weighted by atomic mass is 9.12. The minimum atomic E-state index is 0.564. The van der Waals surface area contributed by atoms with E-state index in [1.54, 1.807) is 51.4 Å². The monoisotopic (exact) mass is 344 g/mol. The third-order valence-corrected chi connectivity index (χ3v) is 13.5. The summed E-state index contributed by atoms with van der Waals surface area (Å²) in [7, 11) is 0. The first-order chi connectivity index (χ1) is 12.6.